The SMILES string of the molecule is CCNC(=NCC(C)N(CC)CC)NC1CCN(c2cc(OC)cc(OC)c2)C1. The fourth-order valence-corrected chi connectivity index (χ4v) is 3.79. The number of likely N-dealkylation sites (N-methyl/N-ethyl adjacent to an activating group) is 1. The Kier molecular flexibility index (Phi) is 9.38. The average Bonchev–Trinajstić information content (AvgIpc) is 3.21. The molecule has 1 saturated heterocycles. The second-order valence-electron chi connectivity index (χ2n) is 7.44. The lowest BCUT2D eigenvalue weighted by molar-refractivity contribution is 0.237. The first-order valence-electron chi connectivity index (χ1n) is 10.8. The first-order chi connectivity index (χ1) is 14.0. The Hall–Kier alpha value is -2.15. The maximum absolute atomic E-state index is 5.42. The largest absolute Gasteiger partial charge is 0.497 e. The Morgan fingerprint density at radius 2 is 1.83 bits per heavy atom. The zero-order valence-electron chi connectivity index (χ0n) is 19.0. The molecule has 1 aromatic rings. The van der Waals surface area contributed by atoms with Gasteiger partial charge in [-0.15, -0.1) is 0 Å². The molecule has 2 unspecified atom stereocenters. The van der Waals surface area contributed by atoms with Gasteiger partial charge in [-0.05, 0) is 33.4 Å². The Morgan fingerprint density at radius 1 is 1.17 bits per heavy atom. The summed E-state index contributed by atoms with van der Waals surface area (Å²) in [5.41, 5.74) is 1.13. The van der Waals surface area contributed by atoms with E-state index >= 15 is 0 Å². The molecule has 7 heteroatoms. The van der Waals surface area contributed by atoms with Crippen molar-refractivity contribution in [3.63, 3.8) is 0 Å². The topological polar surface area (TPSA) is 61.4 Å². The molecule has 0 amide bonds. The molecule has 0 radical (unpaired) electrons. The highest BCUT2D eigenvalue weighted by atomic mass is 16.5. The number of nitrogens with one attached hydrogen (secondary N) is 2. The van der Waals surface area contributed by atoms with E-state index in [0.717, 1.165) is 68.8 Å². The molecule has 0 aliphatic carbocycles. The van der Waals surface area contributed by atoms with Crippen LogP contribution in [-0.4, -0.2) is 76.4 Å². The highest BCUT2D eigenvalue weighted by molar-refractivity contribution is 5.80. The van der Waals surface area contributed by atoms with Gasteiger partial charge in [0.05, 0.1) is 20.8 Å². The smallest absolute Gasteiger partial charge is 0.191 e. The summed E-state index contributed by atoms with van der Waals surface area (Å²) in [7, 11) is 3.37. The third-order valence-corrected chi connectivity index (χ3v) is 5.52. The lowest BCUT2D eigenvalue weighted by atomic mass is 10.2. The summed E-state index contributed by atoms with van der Waals surface area (Å²) < 4.78 is 10.8. The summed E-state index contributed by atoms with van der Waals surface area (Å²) in [5.74, 6) is 2.54. The van der Waals surface area contributed by atoms with Crippen molar-refractivity contribution < 1.29 is 9.47 Å². The van der Waals surface area contributed by atoms with E-state index in [1.807, 2.05) is 6.07 Å². The lowest BCUT2D eigenvalue weighted by Crippen LogP contribution is -2.45. The lowest BCUT2D eigenvalue weighted by Gasteiger charge is -2.25. The molecule has 1 aliphatic rings. The molecule has 2 rings (SSSR count). The van der Waals surface area contributed by atoms with Crippen LogP contribution in [0.4, 0.5) is 5.69 Å². The quantitative estimate of drug-likeness (QED) is 0.461. The van der Waals surface area contributed by atoms with Gasteiger partial charge in [-0.3, -0.25) is 9.89 Å². The third kappa shape index (κ3) is 6.70. The number of guanidine groups is 1. The summed E-state index contributed by atoms with van der Waals surface area (Å²) in [6.45, 7) is 14.4. The van der Waals surface area contributed by atoms with E-state index in [9.17, 15) is 0 Å². The van der Waals surface area contributed by atoms with Crippen molar-refractivity contribution >= 4 is 11.6 Å². The normalized spacial score (nSPS) is 18.1. The number of hydrogen-bond donors (Lipinski definition) is 2. The van der Waals surface area contributed by atoms with Gasteiger partial charge in [0, 0.05) is 55.6 Å². The molecular formula is C22H39N5O2. The van der Waals surface area contributed by atoms with Crippen LogP contribution >= 0.6 is 0 Å². The minimum absolute atomic E-state index is 0.355. The summed E-state index contributed by atoms with van der Waals surface area (Å²) in [5, 5.41) is 7.01. The van der Waals surface area contributed by atoms with E-state index in [0.29, 0.717) is 12.1 Å². The van der Waals surface area contributed by atoms with Crippen LogP contribution < -0.4 is 25.0 Å². The number of rotatable bonds is 10. The summed E-state index contributed by atoms with van der Waals surface area (Å²) in [6.07, 6.45) is 1.07. The summed E-state index contributed by atoms with van der Waals surface area (Å²) in [6, 6.07) is 6.83. The van der Waals surface area contributed by atoms with Crippen LogP contribution in [0.5, 0.6) is 11.5 Å². The number of hydrogen-bond acceptors (Lipinski definition) is 5. The molecular weight excluding hydrogens is 366 g/mol. The molecule has 0 spiro atoms. The summed E-state index contributed by atoms with van der Waals surface area (Å²) >= 11 is 0. The van der Waals surface area contributed by atoms with E-state index in [2.05, 4.69) is 60.3 Å². The van der Waals surface area contributed by atoms with E-state index in [4.69, 9.17) is 14.5 Å². The van der Waals surface area contributed by atoms with Gasteiger partial charge in [-0.2, -0.15) is 0 Å². The molecule has 1 fully saturated rings. The van der Waals surface area contributed by atoms with Gasteiger partial charge in [-0.25, -0.2) is 0 Å². The maximum Gasteiger partial charge on any atom is 0.191 e. The van der Waals surface area contributed by atoms with Crippen molar-refractivity contribution in [1.29, 1.82) is 0 Å². The minimum atomic E-state index is 0.355. The molecule has 0 saturated carbocycles. The Morgan fingerprint density at radius 3 is 2.38 bits per heavy atom. The fraction of sp³-hybridized carbons (Fsp3) is 0.682. The van der Waals surface area contributed by atoms with Gasteiger partial charge in [0.25, 0.3) is 0 Å². The molecule has 164 valence electrons. The summed E-state index contributed by atoms with van der Waals surface area (Å²) in [4.78, 5) is 9.64. The van der Waals surface area contributed by atoms with Crippen molar-refractivity contribution in [3.05, 3.63) is 18.2 Å². The van der Waals surface area contributed by atoms with Gasteiger partial charge in [0.2, 0.25) is 0 Å². The zero-order valence-corrected chi connectivity index (χ0v) is 19.0. The molecule has 0 bridgehead atoms. The van der Waals surface area contributed by atoms with Crippen LogP contribution in [0.15, 0.2) is 23.2 Å². The average molecular weight is 406 g/mol. The standard InChI is InChI=1S/C22H39N5O2/c1-7-23-22(24-15-17(4)26(8-2)9-3)25-18-10-11-27(16-18)19-12-20(28-5)14-21(13-19)29-6/h12-14,17-18H,7-11,15-16H2,1-6H3,(H2,23,24,25). The van der Waals surface area contributed by atoms with Crippen LogP contribution in [0.2, 0.25) is 0 Å². The molecule has 2 atom stereocenters. The fourth-order valence-electron chi connectivity index (χ4n) is 3.79. The van der Waals surface area contributed by atoms with Gasteiger partial charge in [-0.1, -0.05) is 13.8 Å². The zero-order chi connectivity index (χ0) is 21.2. The number of aliphatic imine (C=N–C) groups is 1. The van der Waals surface area contributed by atoms with Crippen molar-refractivity contribution in [2.24, 2.45) is 4.99 Å². The van der Waals surface area contributed by atoms with Crippen LogP contribution in [-0.2, 0) is 0 Å². The monoisotopic (exact) mass is 405 g/mol. The molecule has 1 aromatic carbocycles. The number of methoxy groups -OCH3 is 2. The highest BCUT2D eigenvalue weighted by Gasteiger charge is 2.24. The Labute approximate surface area is 176 Å². The van der Waals surface area contributed by atoms with E-state index in [-0.39, 0.29) is 0 Å². The van der Waals surface area contributed by atoms with Crippen LogP contribution in [0.3, 0.4) is 0 Å². The third-order valence-electron chi connectivity index (χ3n) is 5.52. The highest BCUT2D eigenvalue weighted by Crippen LogP contribution is 2.30. The number of ether oxygens (including phenoxy) is 2. The van der Waals surface area contributed by atoms with Gasteiger partial charge in [0.15, 0.2) is 5.96 Å². The van der Waals surface area contributed by atoms with Crippen LogP contribution in [0.25, 0.3) is 0 Å². The molecule has 2 N–H and O–H groups in total. The molecule has 1 heterocycles. The van der Waals surface area contributed by atoms with Crippen LogP contribution in [0.1, 0.15) is 34.1 Å². The molecule has 0 aromatic heterocycles. The van der Waals surface area contributed by atoms with Crippen LogP contribution in [0, 0.1) is 0 Å². The van der Waals surface area contributed by atoms with E-state index in [1.54, 1.807) is 14.2 Å². The number of anilines is 1. The second-order valence-corrected chi connectivity index (χ2v) is 7.44. The van der Waals surface area contributed by atoms with Gasteiger partial charge in [0.1, 0.15) is 11.5 Å². The second kappa shape index (κ2) is 11.8. The maximum atomic E-state index is 5.42. The van der Waals surface area contributed by atoms with Crippen molar-refractivity contribution in [2.75, 3.05) is 58.4 Å². The van der Waals surface area contributed by atoms with Crippen molar-refractivity contribution in [1.82, 2.24) is 15.5 Å². The Balaban J connectivity index is 1.99. The predicted molar refractivity (Wildman–Crippen MR) is 122 cm³/mol. The number of benzene rings is 1. The van der Waals surface area contributed by atoms with Crippen molar-refractivity contribution in [3.8, 4) is 11.5 Å². The Bertz CT molecular complexity index is 626. The first kappa shape index (κ1) is 23.1. The first-order valence-corrected chi connectivity index (χ1v) is 10.8. The predicted octanol–water partition coefficient (Wildman–Crippen LogP) is 2.57. The van der Waals surface area contributed by atoms with Gasteiger partial charge < -0.3 is 25.0 Å². The van der Waals surface area contributed by atoms with Crippen molar-refractivity contribution in [2.45, 2.75) is 46.2 Å². The van der Waals surface area contributed by atoms with Gasteiger partial charge >= 0.3 is 0 Å². The van der Waals surface area contributed by atoms with E-state index < -0.39 is 0 Å². The molecule has 29 heavy (non-hydrogen) atoms. The molecule has 7 nitrogen and oxygen atoms in total. The minimum Gasteiger partial charge on any atom is -0.497 e. The molecule has 1 aliphatic heterocycles. The number of nitrogens with zero attached hydrogens (tertiary/aromatic N) is 3. The van der Waals surface area contributed by atoms with E-state index in [1.165, 1.54) is 0 Å².